The number of aryl methyl sites for hydroxylation is 2. The molecule has 0 aromatic carbocycles. The van der Waals surface area contributed by atoms with Crippen LogP contribution < -0.4 is 0 Å². The third kappa shape index (κ3) is 2.41. The van der Waals surface area contributed by atoms with Crippen molar-refractivity contribution in [1.82, 2.24) is 19.6 Å². The van der Waals surface area contributed by atoms with Crippen LogP contribution in [0.5, 0.6) is 0 Å². The first-order chi connectivity index (χ1) is 9.06. The van der Waals surface area contributed by atoms with Crippen molar-refractivity contribution < 1.29 is 0 Å². The lowest BCUT2D eigenvalue weighted by Gasteiger charge is -2.25. The second kappa shape index (κ2) is 5.08. The molecule has 4 nitrogen and oxygen atoms in total. The van der Waals surface area contributed by atoms with E-state index in [1.807, 2.05) is 7.05 Å². The lowest BCUT2D eigenvalue weighted by molar-refractivity contribution is 0.214. The van der Waals surface area contributed by atoms with Gasteiger partial charge in [-0.25, -0.2) is 0 Å². The molecule has 0 aliphatic carbocycles. The number of halogens is 1. The molecule has 19 heavy (non-hydrogen) atoms. The van der Waals surface area contributed by atoms with Gasteiger partial charge < -0.3 is 0 Å². The first-order valence-electron chi connectivity index (χ1n) is 7.18. The van der Waals surface area contributed by atoms with Crippen molar-refractivity contribution in [1.29, 1.82) is 0 Å². The zero-order valence-electron chi connectivity index (χ0n) is 12.1. The fraction of sp³-hybridized carbons (Fsp3) is 0.786. The highest BCUT2D eigenvalue weighted by Gasteiger charge is 2.34. The van der Waals surface area contributed by atoms with Crippen LogP contribution in [0.4, 0.5) is 0 Å². The number of likely N-dealkylation sites (N-methyl/N-ethyl adjacent to an activating group) is 1. The summed E-state index contributed by atoms with van der Waals surface area (Å²) in [6.07, 6.45) is 4.00. The third-order valence-corrected chi connectivity index (χ3v) is 5.36. The first-order valence-corrected chi connectivity index (χ1v) is 7.56. The normalized spacial score (nSPS) is 28.8. The number of likely N-dealkylation sites (tertiary alicyclic amines) is 1. The van der Waals surface area contributed by atoms with Gasteiger partial charge in [0.1, 0.15) is 5.15 Å². The van der Waals surface area contributed by atoms with Crippen molar-refractivity contribution in [3.63, 3.8) is 0 Å². The van der Waals surface area contributed by atoms with Gasteiger partial charge in [0.15, 0.2) is 0 Å². The minimum atomic E-state index is 0.725. The molecule has 2 aliphatic rings. The van der Waals surface area contributed by atoms with E-state index in [-0.39, 0.29) is 0 Å². The third-order valence-electron chi connectivity index (χ3n) is 4.88. The molecule has 1 aromatic heterocycles. The van der Waals surface area contributed by atoms with Gasteiger partial charge >= 0.3 is 0 Å². The highest BCUT2D eigenvalue weighted by atomic mass is 35.5. The van der Waals surface area contributed by atoms with E-state index in [4.69, 9.17) is 11.6 Å². The largest absolute Gasteiger partial charge is 0.299 e. The van der Waals surface area contributed by atoms with Crippen molar-refractivity contribution in [2.75, 3.05) is 20.1 Å². The summed E-state index contributed by atoms with van der Waals surface area (Å²) in [6.45, 7) is 5.33. The summed E-state index contributed by atoms with van der Waals surface area (Å²) in [5.41, 5.74) is 2.26. The average molecular weight is 283 g/mol. The summed E-state index contributed by atoms with van der Waals surface area (Å²) in [5.74, 6) is 0. The highest BCUT2D eigenvalue weighted by Crippen LogP contribution is 2.30. The topological polar surface area (TPSA) is 24.3 Å². The second-order valence-electron chi connectivity index (χ2n) is 6.05. The Balaban J connectivity index is 1.73. The summed E-state index contributed by atoms with van der Waals surface area (Å²) in [5, 5.41) is 5.20. The predicted octanol–water partition coefficient (Wildman–Crippen LogP) is 2.05. The van der Waals surface area contributed by atoms with Crippen LogP contribution in [0.25, 0.3) is 0 Å². The Kier molecular flexibility index (Phi) is 3.58. The zero-order valence-corrected chi connectivity index (χ0v) is 12.8. The maximum absolute atomic E-state index is 6.35. The minimum Gasteiger partial charge on any atom is -0.299 e. The molecule has 3 heterocycles. The SMILES string of the molecule is Cc1nn(C)c(Cl)c1CN1CCC2CCC(C1)N2C. The number of rotatable bonds is 2. The molecule has 0 N–H and O–H groups in total. The highest BCUT2D eigenvalue weighted by molar-refractivity contribution is 6.30. The standard InChI is InChI=1S/C14H23ClN4/c1-10-13(14(15)18(3)16-10)9-19-7-6-11-4-5-12(8-19)17(11)2/h11-12H,4-9H2,1-3H3. The molecular formula is C14H23ClN4. The van der Waals surface area contributed by atoms with Gasteiger partial charge in [-0.05, 0) is 33.2 Å². The van der Waals surface area contributed by atoms with Crippen LogP contribution >= 0.6 is 11.6 Å². The lowest BCUT2D eigenvalue weighted by atomic mass is 10.1. The molecule has 2 bridgehead atoms. The second-order valence-corrected chi connectivity index (χ2v) is 6.41. The van der Waals surface area contributed by atoms with E-state index < -0.39 is 0 Å². The van der Waals surface area contributed by atoms with Gasteiger partial charge in [-0.2, -0.15) is 5.10 Å². The molecule has 0 saturated carbocycles. The Bertz CT molecular complexity index is 470. The predicted molar refractivity (Wildman–Crippen MR) is 77.4 cm³/mol. The Morgan fingerprint density at radius 2 is 1.95 bits per heavy atom. The van der Waals surface area contributed by atoms with Gasteiger partial charge in [0.2, 0.25) is 0 Å². The zero-order chi connectivity index (χ0) is 13.6. The maximum Gasteiger partial charge on any atom is 0.131 e. The Labute approximate surface area is 120 Å². The smallest absolute Gasteiger partial charge is 0.131 e. The fourth-order valence-corrected chi connectivity index (χ4v) is 3.83. The van der Waals surface area contributed by atoms with E-state index in [2.05, 4.69) is 28.9 Å². The van der Waals surface area contributed by atoms with Crippen LogP contribution in [0.1, 0.15) is 30.5 Å². The van der Waals surface area contributed by atoms with Crippen molar-refractivity contribution in [2.24, 2.45) is 7.05 Å². The molecule has 1 aromatic rings. The summed E-state index contributed by atoms with van der Waals surface area (Å²) < 4.78 is 1.78. The minimum absolute atomic E-state index is 0.725. The van der Waals surface area contributed by atoms with Crippen molar-refractivity contribution in [3.8, 4) is 0 Å². The summed E-state index contributed by atoms with van der Waals surface area (Å²) in [7, 11) is 4.20. The first kappa shape index (κ1) is 13.4. The van der Waals surface area contributed by atoms with Crippen LogP contribution in [-0.2, 0) is 13.6 Å². The van der Waals surface area contributed by atoms with Crippen LogP contribution in [0, 0.1) is 6.92 Å². The average Bonchev–Trinajstić information content (AvgIpc) is 2.73. The van der Waals surface area contributed by atoms with Crippen molar-refractivity contribution in [3.05, 3.63) is 16.4 Å². The van der Waals surface area contributed by atoms with Crippen LogP contribution in [0.3, 0.4) is 0 Å². The van der Waals surface area contributed by atoms with Crippen molar-refractivity contribution in [2.45, 2.75) is 44.8 Å². The van der Waals surface area contributed by atoms with Crippen LogP contribution in [-0.4, -0.2) is 51.8 Å². The number of aromatic nitrogens is 2. The molecule has 2 saturated heterocycles. The number of fused-ring (bicyclic) bond motifs is 2. The quantitative estimate of drug-likeness (QED) is 0.830. The van der Waals surface area contributed by atoms with E-state index in [1.165, 1.54) is 31.4 Å². The summed E-state index contributed by atoms with van der Waals surface area (Å²) in [4.78, 5) is 5.13. The Hall–Kier alpha value is -0.580. The van der Waals surface area contributed by atoms with Gasteiger partial charge in [-0.1, -0.05) is 11.6 Å². The molecule has 3 rings (SSSR count). The van der Waals surface area contributed by atoms with Gasteiger partial charge in [0.25, 0.3) is 0 Å². The molecule has 5 heteroatoms. The lowest BCUT2D eigenvalue weighted by Crippen LogP contribution is -2.36. The van der Waals surface area contributed by atoms with E-state index >= 15 is 0 Å². The van der Waals surface area contributed by atoms with Gasteiger partial charge in [-0.3, -0.25) is 14.5 Å². The molecule has 106 valence electrons. The van der Waals surface area contributed by atoms with Gasteiger partial charge in [0.05, 0.1) is 5.69 Å². The Morgan fingerprint density at radius 1 is 1.21 bits per heavy atom. The number of hydrogen-bond acceptors (Lipinski definition) is 3. The number of hydrogen-bond donors (Lipinski definition) is 0. The molecule has 0 spiro atoms. The molecule has 2 atom stereocenters. The number of nitrogens with zero attached hydrogens (tertiary/aromatic N) is 4. The fourth-order valence-electron chi connectivity index (χ4n) is 3.60. The van der Waals surface area contributed by atoms with E-state index in [9.17, 15) is 0 Å². The van der Waals surface area contributed by atoms with Crippen LogP contribution in [0.2, 0.25) is 5.15 Å². The maximum atomic E-state index is 6.35. The van der Waals surface area contributed by atoms with Crippen LogP contribution in [0.15, 0.2) is 0 Å². The van der Waals surface area contributed by atoms with E-state index in [0.29, 0.717) is 0 Å². The molecule has 2 fully saturated rings. The summed E-state index contributed by atoms with van der Waals surface area (Å²) >= 11 is 6.35. The molecule has 2 aliphatic heterocycles. The van der Waals surface area contributed by atoms with Gasteiger partial charge in [-0.15, -0.1) is 0 Å². The Morgan fingerprint density at radius 3 is 2.63 bits per heavy atom. The summed E-state index contributed by atoms with van der Waals surface area (Å²) in [6, 6.07) is 1.52. The monoisotopic (exact) mass is 282 g/mol. The van der Waals surface area contributed by atoms with E-state index in [1.54, 1.807) is 4.68 Å². The molecule has 0 radical (unpaired) electrons. The molecule has 2 unspecified atom stereocenters. The van der Waals surface area contributed by atoms with Gasteiger partial charge in [0, 0.05) is 44.3 Å². The van der Waals surface area contributed by atoms with E-state index in [0.717, 1.165) is 36.0 Å². The molecular weight excluding hydrogens is 260 g/mol. The van der Waals surface area contributed by atoms with Crippen molar-refractivity contribution >= 4 is 11.6 Å². The molecule has 0 amide bonds.